The zero-order chi connectivity index (χ0) is 12.6. The van der Waals surface area contributed by atoms with Gasteiger partial charge in [-0.15, -0.1) is 6.58 Å². The Morgan fingerprint density at radius 1 is 1.53 bits per heavy atom. The highest BCUT2D eigenvalue weighted by atomic mass is 19.4. The zero-order valence-electron chi connectivity index (χ0n) is 8.04. The molecule has 0 aromatic carbocycles. The summed E-state index contributed by atoms with van der Waals surface area (Å²) < 4.78 is 32.1. The van der Waals surface area contributed by atoms with Crippen LogP contribution in [-0.4, -0.2) is 23.2 Å². The largest absolute Gasteiger partial charge is 0.481 e. The lowest BCUT2D eigenvalue weighted by Crippen LogP contribution is -2.30. The first-order valence-electron chi connectivity index (χ1n) is 3.82. The Morgan fingerprint density at radius 2 is 1.87 bits per heavy atom. The van der Waals surface area contributed by atoms with Gasteiger partial charge in [-0.1, -0.05) is 13.0 Å². The fourth-order valence-corrected chi connectivity index (χ4v) is 0.359. The summed E-state index contributed by atoms with van der Waals surface area (Å²) in [6.45, 7) is 5.27. The van der Waals surface area contributed by atoms with E-state index in [0.717, 1.165) is 0 Å². The number of carboxylic acid groups (broad SMARTS) is 1. The van der Waals surface area contributed by atoms with Gasteiger partial charge >= 0.3 is 18.1 Å². The summed E-state index contributed by atoms with van der Waals surface area (Å²) >= 11 is 0. The SMILES string of the molecule is C=CC(C)CC(=O)O.NC(=O)C(F)(F)F. The van der Waals surface area contributed by atoms with Crippen LogP contribution in [0.25, 0.3) is 0 Å². The van der Waals surface area contributed by atoms with Crippen molar-refractivity contribution in [3.63, 3.8) is 0 Å². The van der Waals surface area contributed by atoms with Crippen molar-refractivity contribution < 1.29 is 27.9 Å². The van der Waals surface area contributed by atoms with Crippen molar-refractivity contribution in [3.05, 3.63) is 12.7 Å². The van der Waals surface area contributed by atoms with Gasteiger partial charge in [0.1, 0.15) is 0 Å². The van der Waals surface area contributed by atoms with E-state index in [2.05, 4.69) is 12.3 Å². The molecule has 0 aromatic rings. The topological polar surface area (TPSA) is 80.4 Å². The molecule has 4 nitrogen and oxygen atoms in total. The second kappa shape index (κ2) is 6.86. The molecule has 0 rings (SSSR count). The lowest BCUT2D eigenvalue weighted by atomic mass is 10.1. The highest BCUT2D eigenvalue weighted by Gasteiger charge is 2.35. The lowest BCUT2D eigenvalue weighted by Gasteiger charge is -1.96. The molecule has 0 aliphatic carbocycles. The molecule has 1 amide bonds. The predicted octanol–water partition coefficient (Wildman–Crippen LogP) is 1.32. The molecule has 1 unspecified atom stereocenters. The van der Waals surface area contributed by atoms with Crippen molar-refractivity contribution in [1.82, 2.24) is 0 Å². The summed E-state index contributed by atoms with van der Waals surface area (Å²) in [5.74, 6) is -2.93. The van der Waals surface area contributed by atoms with Gasteiger partial charge in [0.2, 0.25) is 0 Å². The first-order chi connectivity index (χ1) is 6.61. The van der Waals surface area contributed by atoms with Crippen molar-refractivity contribution in [1.29, 1.82) is 0 Å². The first kappa shape index (κ1) is 15.9. The Hall–Kier alpha value is -1.53. The fourth-order valence-electron chi connectivity index (χ4n) is 0.359. The Morgan fingerprint density at radius 3 is 1.93 bits per heavy atom. The third kappa shape index (κ3) is 12.5. The minimum Gasteiger partial charge on any atom is -0.481 e. The maximum Gasteiger partial charge on any atom is 0.470 e. The van der Waals surface area contributed by atoms with Gasteiger partial charge in [-0.2, -0.15) is 13.2 Å². The number of allylic oxidation sites excluding steroid dienone is 1. The van der Waals surface area contributed by atoms with Crippen molar-refractivity contribution in [2.45, 2.75) is 19.5 Å². The van der Waals surface area contributed by atoms with Crippen molar-refractivity contribution in [3.8, 4) is 0 Å². The number of aliphatic carboxylic acids is 1. The van der Waals surface area contributed by atoms with Crippen LogP contribution in [0, 0.1) is 5.92 Å². The third-order valence-electron chi connectivity index (χ3n) is 1.18. The van der Waals surface area contributed by atoms with Crippen LogP contribution in [0.4, 0.5) is 13.2 Å². The molecule has 0 aromatic heterocycles. The smallest absolute Gasteiger partial charge is 0.470 e. The number of primary amides is 1. The molecule has 0 spiro atoms. The van der Waals surface area contributed by atoms with Gasteiger partial charge in [-0.25, -0.2) is 0 Å². The molecule has 3 N–H and O–H groups in total. The number of carbonyl (C=O) groups excluding carboxylic acids is 1. The number of hydrogen-bond acceptors (Lipinski definition) is 2. The van der Waals surface area contributed by atoms with Crippen molar-refractivity contribution >= 4 is 11.9 Å². The third-order valence-corrected chi connectivity index (χ3v) is 1.18. The molecule has 1 atom stereocenters. The fraction of sp³-hybridized carbons (Fsp3) is 0.500. The van der Waals surface area contributed by atoms with Crippen LogP contribution in [-0.2, 0) is 9.59 Å². The van der Waals surface area contributed by atoms with Gasteiger partial charge in [-0.05, 0) is 5.92 Å². The number of alkyl halides is 3. The van der Waals surface area contributed by atoms with E-state index in [1.54, 1.807) is 6.08 Å². The predicted molar refractivity (Wildman–Crippen MR) is 46.9 cm³/mol. The average Bonchev–Trinajstić information content (AvgIpc) is 2.02. The van der Waals surface area contributed by atoms with E-state index >= 15 is 0 Å². The first-order valence-corrected chi connectivity index (χ1v) is 3.82. The van der Waals surface area contributed by atoms with E-state index in [4.69, 9.17) is 9.90 Å². The van der Waals surface area contributed by atoms with Crippen LogP contribution < -0.4 is 5.73 Å². The summed E-state index contributed by atoms with van der Waals surface area (Å²) in [6.07, 6.45) is -3.04. The Balaban J connectivity index is 0. The highest BCUT2D eigenvalue weighted by molar-refractivity contribution is 5.79. The molecule has 0 aliphatic rings. The number of amides is 1. The van der Waals surface area contributed by atoms with Gasteiger partial charge in [0.25, 0.3) is 0 Å². The van der Waals surface area contributed by atoms with E-state index < -0.39 is 18.1 Å². The number of halogens is 3. The minimum atomic E-state index is -4.86. The van der Waals surface area contributed by atoms with Gasteiger partial charge in [0.15, 0.2) is 0 Å². The summed E-state index contributed by atoms with van der Waals surface area (Å²) in [6, 6.07) is 0. The van der Waals surface area contributed by atoms with E-state index in [0.29, 0.717) is 0 Å². The molecule has 7 heteroatoms. The highest BCUT2D eigenvalue weighted by Crippen LogP contribution is 2.11. The van der Waals surface area contributed by atoms with E-state index in [9.17, 15) is 18.0 Å². The van der Waals surface area contributed by atoms with Gasteiger partial charge < -0.3 is 10.8 Å². The summed E-state index contributed by atoms with van der Waals surface area (Å²) in [5.41, 5.74) is 3.81. The van der Waals surface area contributed by atoms with Gasteiger partial charge in [0.05, 0.1) is 6.42 Å². The maximum atomic E-state index is 10.7. The van der Waals surface area contributed by atoms with Crippen LogP contribution in [0.1, 0.15) is 13.3 Å². The van der Waals surface area contributed by atoms with E-state index in [1.165, 1.54) is 0 Å². The zero-order valence-corrected chi connectivity index (χ0v) is 8.04. The number of nitrogens with two attached hydrogens (primary N) is 1. The van der Waals surface area contributed by atoms with Gasteiger partial charge in [0, 0.05) is 0 Å². The Kier molecular flexibility index (Phi) is 7.28. The van der Waals surface area contributed by atoms with Crippen LogP contribution in [0.15, 0.2) is 12.7 Å². The van der Waals surface area contributed by atoms with Crippen molar-refractivity contribution in [2.75, 3.05) is 0 Å². The normalized spacial score (nSPS) is 12.0. The van der Waals surface area contributed by atoms with Crippen LogP contribution in [0.2, 0.25) is 0 Å². The molecule has 0 bridgehead atoms. The molecule has 15 heavy (non-hydrogen) atoms. The monoisotopic (exact) mass is 227 g/mol. The van der Waals surface area contributed by atoms with E-state index in [-0.39, 0.29) is 12.3 Å². The molecular formula is C8H12F3NO3. The standard InChI is InChI=1S/C6H10O2.C2H2F3NO/c1-3-5(2)4-6(7)8;3-2(4,5)1(6)7/h3,5H,1,4H2,2H3,(H,7,8);(H2,6,7). The molecule has 0 saturated heterocycles. The Bertz CT molecular complexity index is 238. The lowest BCUT2D eigenvalue weighted by molar-refractivity contribution is -0.169. The number of hydrogen-bond donors (Lipinski definition) is 2. The Labute approximate surface area is 84.6 Å². The number of carbonyl (C=O) groups is 2. The molecule has 0 radical (unpaired) electrons. The molecular weight excluding hydrogens is 215 g/mol. The number of rotatable bonds is 3. The average molecular weight is 227 g/mol. The summed E-state index contributed by atoms with van der Waals surface area (Å²) in [7, 11) is 0. The van der Waals surface area contributed by atoms with Crippen LogP contribution in [0.5, 0.6) is 0 Å². The van der Waals surface area contributed by atoms with Gasteiger partial charge in [-0.3, -0.25) is 9.59 Å². The second-order valence-electron chi connectivity index (χ2n) is 2.67. The quantitative estimate of drug-likeness (QED) is 0.713. The molecule has 0 saturated carbocycles. The minimum absolute atomic E-state index is 0.0903. The number of carboxylic acids is 1. The summed E-state index contributed by atoms with van der Waals surface area (Å²) in [4.78, 5) is 19.0. The second-order valence-corrected chi connectivity index (χ2v) is 2.67. The van der Waals surface area contributed by atoms with Crippen molar-refractivity contribution in [2.24, 2.45) is 11.7 Å². The molecule has 0 fully saturated rings. The van der Waals surface area contributed by atoms with Crippen LogP contribution >= 0.6 is 0 Å². The maximum absolute atomic E-state index is 10.7. The molecule has 0 aliphatic heterocycles. The summed E-state index contributed by atoms with van der Waals surface area (Å²) in [5, 5.41) is 8.17. The van der Waals surface area contributed by atoms with E-state index in [1.807, 2.05) is 6.92 Å². The molecule has 0 heterocycles. The van der Waals surface area contributed by atoms with Crippen LogP contribution in [0.3, 0.4) is 0 Å². The molecule has 88 valence electrons.